The minimum atomic E-state index is -3.51. The monoisotopic (exact) mass is 457 g/mol. The molecule has 0 spiro atoms. The maximum atomic E-state index is 12.7. The molecule has 2 saturated heterocycles. The highest BCUT2D eigenvalue weighted by Gasteiger charge is 2.32. The summed E-state index contributed by atoms with van der Waals surface area (Å²) < 4.78 is 32.2. The topological polar surface area (TPSA) is 96.0 Å². The van der Waals surface area contributed by atoms with Crippen LogP contribution in [0.4, 0.5) is 5.69 Å². The summed E-state index contributed by atoms with van der Waals surface area (Å²) in [6.45, 7) is 3.92. The SMILES string of the molecule is CCOc1ccc(N2C[C@@H](NC(=O)c3ccc(S(=O)(=O)N4CCCC4)cc3)CC2=O)cc1. The zero-order valence-electron chi connectivity index (χ0n) is 18.0. The molecule has 2 aliphatic heterocycles. The Hall–Kier alpha value is -2.91. The molecular formula is C23H27N3O5S. The molecule has 0 radical (unpaired) electrons. The number of carbonyl (C=O) groups excluding carboxylic acids is 2. The second-order valence-electron chi connectivity index (χ2n) is 7.94. The van der Waals surface area contributed by atoms with Crippen molar-refractivity contribution in [2.24, 2.45) is 0 Å². The molecular weight excluding hydrogens is 430 g/mol. The first-order valence-corrected chi connectivity index (χ1v) is 12.3. The molecule has 2 aromatic rings. The Balaban J connectivity index is 1.38. The first-order valence-electron chi connectivity index (χ1n) is 10.8. The Labute approximate surface area is 188 Å². The molecule has 9 heteroatoms. The zero-order chi connectivity index (χ0) is 22.7. The lowest BCUT2D eigenvalue weighted by Crippen LogP contribution is -2.37. The molecule has 2 aliphatic rings. The lowest BCUT2D eigenvalue weighted by atomic mass is 10.2. The van der Waals surface area contributed by atoms with Gasteiger partial charge in [-0.2, -0.15) is 4.31 Å². The molecule has 170 valence electrons. The van der Waals surface area contributed by atoms with Crippen molar-refractivity contribution in [1.29, 1.82) is 0 Å². The van der Waals surface area contributed by atoms with Gasteiger partial charge in [0.1, 0.15) is 5.75 Å². The van der Waals surface area contributed by atoms with E-state index in [4.69, 9.17) is 4.74 Å². The fraction of sp³-hybridized carbons (Fsp3) is 0.391. The van der Waals surface area contributed by atoms with E-state index in [2.05, 4.69) is 5.32 Å². The van der Waals surface area contributed by atoms with E-state index < -0.39 is 10.0 Å². The highest BCUT2D eigenvalue weighted by atomic mass is 32.2. The van der Waals surface area contributed by atoms with Crippen LogP contribution >= 0.6 is 0 Å². The predicted molar refractivity (Wildman–Crippen MR) is 120 cm³/mol. The molecule has 0 unspecified atom stereocenters. The quantitative estimate of drug-likeness (QED) is 0.689. The van der Waals surface area contributed by atoms with Crippen LogP contribution in [0.5, 0.6) is 5.75 Å². The molecule has 2 amide bonds. The summed E-state index contributed by atoms with van der Waals surface area (Å²) >= 11 is 0. The molecule has 0 bridgehead atoms. The van der Waals surface area contributed by atoms with Crippen LogP contribution in [-0.2, 0) is 14.8 Å². The van der Waals surface area contributed by atoms with Gasteiger partial charge < -0.3 is 15.0 Å². The molecule has 0 aliphatic carbocycles. The second kappa shape index (κ2) is 9.30. The Morgan fingerprint density at radius 3 is 2.34 bits per heavy atom. The van der Waals surface area contributed by atoms with E-state index in [-0.39, 0.29) is 29.2 Å². The van der Waals surface area contributed by atoms with Crippen LogP contribution in [0.15, 0.2) is 53.4 Å². The minimum absolute atomic E-state index is 0.0634. The third-order valence-electron chi connectivity index (χ3n) is 5.74. The average Bonchev–Trinajstić information content (AvgIpc) is 3.45. The van der Waals surface area contributed by atoms with E-state index in [9.17, 15) is 18.0 Å². The first kappa shape index (κ1) is 22.3. The van der Waals surface area contributed by atoms with Gasteiger partial charge in [-0.15, -0.1) is 0 Å². The summed E-state index contributed by atoms with van der Waals surface area (Å²) in [5.74, 6) is 0.343. The number of ether oxygens (including phenoxy) is 1. The number of nitrogens with one attached hydrogen (secondary N) is 1. The van der Waals surface area contributed by atoms with Crippen LogP contribution in [-0.4, -0.2) is 56.8 Å². The summed E-state index contributed by atoms with van der Waals surface area (Å²) in [7, 11) is -3.51. The van der Waals surface area contributed by atoms with Gasteiger partial charge in [0.25, 0.3) is 5.91 Å². The van der Waals surface area contributed by atoms with Crippen molar-refractivity contribution in [3.05, 3.63) is 54.1 Å². The summed E-state index contributed by atoms with van der Waals surface area (Å²) in [6.07, 6.45) is 1.95. The number of hydrogen-bond acceptors (Lipinski definition) is 5. The Kier molecular flexibility index (Phi) is 6.48. The highest BCUT2D eigenvalue weighted by molar-refractivity contribution is 7.89. The summed E-state index contributed by atoms with van der Waals surface area (Å²) in [4.78, 5) is 27.0. The fourth-order valence-electron chi connectivity index (χ4n) is 4.07. The van der Waals surface area contributed by atoms with Crippen molar-refractivity contribution in [3.63, 3.8) is 0 Å². The zero-order valence-corrected chi connectivity index (χ0v) is 18.8. The number of carbonyl (C=O) groups is 2. The Bertz CT molecular complexity index is 1080. The molecule has 32 heavy (non-hydrogen) atoms. The molecule has 4 rings (SSSR count). The number of rotatable bonds is 7. The number of amides is 2. The van der Waals surface area contributed by atoms with Crippen LogP contribution in [0.3, 0.4) is 0 Å². The maximum absolute atomic E-state index is 12.7. The number of anilines is 1. The Morgan fingerprint density at radius 2 is 1.72 bits per heavy atom. The molecule has 2 heterocycles. The van der Waals surface area contributed by atoms with Crippen LogP contribution < -0.4 is 15.0 Å². The van der Waals surface area contributed by atoms with Crippen molar-refractivity contribution in [2.45, 2.75) is 37.1 Å². The second-order valence-corrected chi connectivity index (χ2v) is 9.88. The molecule has 8 nitrogen and oxygen atoms in total. The van der Waals surface area contributed by atoms with E-state index in [0.29, 0.717) is 31.8 Å². The van der Waals surface area contributed by atoms with Gasteiger partial charge in [-0.3, -0.25) is 9.59 Å². The van der Waals surface area contributed by atoms with Gasteiger partial charge in [-0.1, -0.05) is 0 Å². The van der Waals surface area contributed by atoms with Crippen molar-refractivity contribution >= 4 is 27.5 Å². The number of hydrogen-bond donors (Lipinski definition) is 1. The lowest BCUT2D eigenvalue weighted by molar-refractivity contribution is -0.117. The van der Waals surface area contributed by atoms with Crippen molar-refractivity contribution in [1.82, 2.24) is 9.62 Å². The van der Waals surface area contributed by atoms with Crippen molar-refractivity contribution in [3.8, 4) is 5.75 Å². The van der Waals surface area contributed by atoms with Crippen LogP contribution in [0.2, 0.25) is 0 Å². The molecule has 1 atom stereocenters. The first-order chi connectivity index (χ1) is 15.4. The third kappa shape index (κ3) is 4.63. The summed E-state index contributed by atoms with van der Waals surface area (Å²) in [5.41, 5.74) is 1.11. The van der Waals surface area contributed by atoms with Gasteiger partial charge in [0.15, 0.2) is 0 Å². The lowest BCUT2D eigenvalue weighted by Gasteiger charge is -2.18. The standard InChI is InChI=1S/C23H27N3O5S/c1-2-31-20-9-7-19(8-10-20)26-16-18(15-22(26)27)24-23(28)17-5-11-21(12-6-17)32(29,30)25-13-3-4-14-25/h5-12,18H,2-4,13-16H2,1H3,(H,24,28)/t18-/m0/s1. The maximum Gasteiger partial charge on any atom is 0.251 e. The number of nitrogens with zero attached hydrogens (tertiary/aromatic N) is 2. The molecule has 1 N–H and O–H groups in total. The van der Waals surface area contributed by atoms with E-state index in [1.54, 1.807) is 4.90 Å². The van der Waals surface area contributed by atoms with Gasteiger partial charge in [0.2, 0.25) is 15.9 Å². The Morgan fingerprint density at radius 1 is 1.06 bits per heavy atom. The van der Waals surface area contributed by atoms with Gasteiger partial charge in [-0.05, 0) is 68.3 Å². The smallest absolute Gasteiger partial charge is 0.251 e. The van der Waals surface area contributed by atoms with E-state index in [1.165, 1.54) is 28.6 Å². The third-order valence-corrected chi connectivity index (χ3v) is 7.65. The average molecular weight is 458 g/mol. The van der Waals surface area contributed by atoms with Crippen molar-refractivity contribution < 1.29 is 22.7 Å². The van der Waals surface area contributed by atoms with Crippen molar-refractivity contribution in [2.75, 3.05) is 31.1 Å². The van der Waals surface area contributed by atoms with E-state index >= 15 is 0 Å². The molecule has 2 aromatic carbocycles. The van der Waals surface area contributed by atoms with Gasteiger partial charge in [-0.25, -0.2) is 8.42 Å². The number of sulfonamides is 1. The van der Waals surface area contributed by atoms with E-state index in [1.807, 2.05) is 31.2 Å². The molecule has 0 saturated carbocycles. The molecule has 0 aromatic heterocycles. The largest absolute Gasteiger partial charge is 0.494 e. The van der Waals surface area contributed by atoms with Crippen LogP contribution in [0.1, 0.15) is 36.5 Å². The minimum Gasteiger partial charge on any atom is -0.494 e. The normalized spacial score (nSPS) is 19.3. The highest BCUT2D eigenvalue weighted by Crippen LogP contribution is 2.25. The van der Waals surface area contributed by atoms with Gasteiger partial charge in [0, 0.05) is 37.3 Å². The van der Waals surface area contributed by atoms with E-state index in [0.717, 1.165) is 24.3 Å². The number of benzene rings is 2. The molecule has 2 fully saturated rings. The van der Waals surface area contributed by atoms with Gasteiger partial charge in [0.05, 0.1) is 17.5 Å². The summed E-state index contributed by atoms with van der Waals surface area (Å²) in [6, 6.07) is 12.9. The fourth-order valence-corrected chi connectivity index (χ4v) is 5.58. The summed E-state index contributed by atoms with van der Waals surface area (Å²) in [5, 5.41) is 2.88. The van der Waals surface area contributed by atoms with Crippen LogP contribution in [0.25, 0.3) is 0 Å². The van der Waals surface area contributed by atoms with Gasteiger partial charge >= 0.3 is 0 Å². The predicted octanol–water partition coefficient (Wildman–Crippen LogP) is 2.41. The van der Waals surface area contributed by atoms with Crippen LogP contribution in [0, 0.1) is 0 Å².